The molecule has 0 radical (unpaired) electrons. The summed E-state index contributed by atoms with van der Waals surface area (Å²) in [6, 6.07) is 7.16. The average molecular weight is 389 g/mol. The number of hydrogen-bond acceptors (Lipinski definition) is 3. The van der Waals surface area contributed by atoms with Crippen molar-refractivity contribution in [2.24, 2.45) is 5.92 Å². The smallest absolute Gasteiger partial charge is 0.329 e. The molecule has 0 aliphatic heterocycles. The van der Waals surface area contributed by atoms with E-state index in [1.165, 1.54) is 32.1 Å². The summed E-state index contributed by atoms with van der Waals surface area (Å²) in [4.78, 5) is 19.1. The highest BCUT2D eigenvalue weighted by atomic mass is 35.5. The van der Waals surface area contributed by atoms with Gasteiger partial charge < -0.3 is 5.11 Å². The molecule has 0 fully saturated rings. The fraction of sp³-hybridized carbons (Fsp3) is 0.500. The molecule has 27 heavy (non-hydrogen) atoms. The fourth-order valence-electron chi connectivity index (χ4n) is 3.13. The zero-order valence-electron chi connectivity index (χ0n) is 16.4. The summed E-state index contributed by atoms with van der Waals surface area (Å²) in [5.74, 6) is -0.641. The molecule has 2 aromatic rings. The van der Waals surface area contributed by atoms with Gasteiger partial charge in [0, 0.05) is 18.0 Å². The van der Waals surface area contributed by atoms with Crippen LogP contribution in [0.25, 0.3) is 11.4 Å². The molecule has 0 bridgehead atoms. The topological polar surface area (TPSA) is 63.1 Å². The first-order chi connectivity index (χ1) is 12.9. The van der Waals surface area contributed by atoms with Gasteiger partial charge in [-0.25, -0.2) is 14.8 Å². The van der Waals surface area contributed by atoms with Crippen LogP contribution >= 0.6 is 11.6 Å². The van der Waals surface area contributed by atoms with E-state index in [9.17, 15) is 9.90 Å². The van der Waals surface area contributed by atoms with Gasteiger partial charge in [-0.3, -0.25) is 0 Å². The normalized spacial score (nSPS) is 13.5. The summed E-state index contributed by atoms with van der Waals surface area (Å²) in [5, 5.41) is 9.54. The SMILES string of the molecule is CCCCCCCc1cnc(-c2ccc([C@](Cl)(C(=O)O)C(C)C)cc2)nc1. The summed E-state index contributed by atoms with van der Waals surface area (Å²) in [7, 11) is 0. The second kappa shape index (κ2) is 9.84. The number of aryl methyl sites for hydroxylation is 1. The van der Waals surface area contributed by atoms with Gasteiger partial charge >= 0.3 is 5.97 Å². The minimum atomic E-state index is -1.43. The highest BCUT2D eigenvalue weighted by Crippen LogP contribution is 2.37. The molecule has 1 atom stereocenters. The predicted molar refractivity (Wildman–Crippen MR) is 110 cm³/mol. The van der Waals surface area contributed by atoms with E-state index in [0.717, 1.165) is 17.5 Å². The molecule has 0 unspecified atom stereocenters. The zero-order valence-corrected chi connectivity index (χ0v) is 17.2. The predicted octanol–water partition coefficient (Wildman–Crippen LogP) is 5.83. The first-order valence-electron chi connectivity index (χ1n) is 9.73. The Kier molecular flexibility index (Phi) is 7.78. The van der Waals surface area contributed by atoms with Crippen LogP contribution in [-0.2, 0) is 16.1 Å². The molecule has 0 aliphatic rings. The lowest BCUT2D eigenvalue weighted by Gasteiger charge is -2.27. The first-order valence-corrected chi connectivity index (χ1v) is 10.1. The molecule has 0 aliphatic carbocycles. The molecule has 1 aromatic carbocycles. The van der Waals surface area contributed by atoms with Gasteiger partial charge in [0.25, 0.3) is 0 Å². The van der Waals surface area contributed by atoms with E-state index < -0.39 is 10.8 Å². The van der Waals surface area contributed by atoms with Gasteiger partial charge in [0.1, 0.15) is 0 Å². The quantitative estimate of drug-likeness (QED) is 0.410. The Morgan fingerprint density at radius 2 is 1.67 bits per heavy atom. The third kappa shape index (κ3) is 5.29. The number of carbonyl (C=O) groups is 1. The number of nitrogens with zero attached hydrogens (tertiary/aromatic N) is 2. The van der Waals surface area contributed by atoms with Crippen LogP contribution in [0.15, 0.2) is 36.7 Å². The average Bonchev–Trinajstić information content (AvgIpc) is 2.67. The number of aromatic nitrogens is 2. The highest BCUT2D eigenvalue weighted by Gasteiger charge is 2.41. The van der Waals surface area contributed by atoms with Crippen molar-refractivity contribution >= 4 is 17.6 Å². The molecule has 0 spiro atoms. The Balaban J connectivity index is 2.05. The minimum absolute atomic E-state index is 0.240. The number of benzene rings is 1. The third-order valence-corrected chi connectivity index (χ3v) is 5.76. The van der Waals surface area contributed by atoms with Crippen LogP contribution in [0.3, 0.4) is 0 Å². The van der Waals surface area contributed by atoms with Crippen LogP contribution in [-0.4, -0.2) is 21.0 Å². The molecule has 0 amide bonds. The van der Waals surface area contributed by atoms with Crippen molar-refractivity contribution in [2.45, 2.75) is 64.2 Å². The van der Waals surface area contributed by atoms with E-state index in [1.807, 2.05) is 24.5 Å². The molecular formula is C22H29ClN2O2. The monoisotopic (exact) mass is 388 g/mol. The van der Waals surface area contributed by atoms with Crippen molar-refractivity contribution < 1.29 is 9.90 Å². The van der Waals surface area contributed by atoms with Crippen LogP contribution in [0.1, 0.15) is 64.0 Å². The first kappa shape index (κ1) is 21.4. The van der Waals surface area contributed by atoms with Gasteiger partial charge in [-0.2, -0.15) is 0 Å². The fourth-order valence-corrected chi connectivity index (χ4v) is 3.26. The van der Waals surface area contributed by atoms with Crippen molar-refractivity contribution in [1.82, 2.24) is 9.97 Å². The van der Waals surface area contributed by atoms with Crippen molar-refractivity contribution in [3.05, 3.63) is 47.8 Å². The lowest BCUT2D eigenvalue weighted by atomic mass is 9.87. The Hall–Kier alpha value is -1.94. The summed E-state index contributed by atoms with van der Waals surface area (Å²) in [6.45, 7) is 5.83. The van der Waals surface area contributed by atoms with E-state index in [4.69, 9.17) is 11.6 Å². The van der Waals surface area contributed by atoms with Crippen LogP contribution in [0.2, 0.25) is 0 Å². The van der Waals surface area contributed by atoms with Gasteiger partial charge in [-0.1, -0.05) is 70.7 Å². The number of alkyl halides is 1. The van der Waals surface area contributed by atoms with Crippen LogP contribution < -0.4 is 0 Å². The van der Waals surface area contributed by atoms with Crippen molar-refractivity contribution in [3.63, 3.8) is 0 Å². The molecular weight excluding hydrogens is 360 g/mol. The van der Waals surface area contributed by atoms with Crippen LogP contribution in [0.4, 0.5) is 0 Å². The summed E-state index contributed by atoms with van der Waals surface area (Å²) >= 11 is 6.40. The number of rotatable bonds is 10. The summed E-state index contributed by atoms with van der Waals surface area (Å²) in [5.41, 5.74) is 2.57. The molecule has 4 nitrogen and oxygen atoms in total. The second-order valence-electron chi connectivity index (χ2n) is 7.33. The van der Waals surface area contributed by atoms with Gasteiger partial charge in [0.2, 0.25) is 0 Å². The van der Waals surface area contributed by atoms with E-state index in [2.05, 4.69) is 16.9 Å². The van der Waals surface area contributed by atoms with Crippen LogP contribution in [0, 0.1) is 5.92 Å². The summed E-state index contributed by atoms with van der Waals surface area (Å²) in [6.07, 6.45) is 11.0. The van der Waals surface area contributed by atoms with Gasteiger partial charge in [-0.05, 0) is 29.9 Å². The second-order valence-corrected chi connectivity index (χ2v) is 7.92. The minimum Gasteiger partial charge on any atom is -0.480 e. The molecule has 2 rings (SSSR count). The molecule has 1 aromatic heterocycles. The Morgan fingerprint density at radius 3 is 2.19 bits per heavy atom. The number of hydrogen-bond donors (Lipinski definition) is 1. The van der Waals surface area contributed by atoms with E-state index in [1.54, 1.807) is 26.0 Å². The van der Waals surface area contributed by atoms with E-state index >= 15 is 0 Å². The molecule has 5 heteroatoms. The highest BCUT2D eigenvalue weighted by molar-refractivity contribution is 6.33. The standard InChI is InChI=1S/C22H29ClN2O2/c1-4-5-6-7-8-9-17-14-24-20(25-15-17)18-10-12-19(13-11-18)22(23,16(2)3)21(26)27/h10-16H,4-9H2,1-3H3,(H,26,27)/t22-/m0/s1. The number of carboxylic acids is 1. The Bertz CT molecular complexity index is 729. The van der Waals surface area contributed by atoms with E-state index in [0.29, 0.717) is 11.4 Å². The van der Waals surface area contributed by atoms with Gasteiger partial charge in [-0.15, -0.1) is 11.6 Å². The molecule has 0 saturated heterocycles. The molecule has 0 saturated carbocycles. The van der Waals surface area contributed by atoms with Crippen molar-refractivity contribution in [2.75, 3.05) is 0 Å². The number of halogens is 1. The lowest BCUT2D eigenvalue weighted by Crippen LogP contribution is -2.35. The summed E-state index contributed by atoms with van der Waals surface area (Å²) < 4.78 is 0. The number of unbranched alkanes of at least 4 members (excludes halogenated alkanes) is 4. The maximum atomic E-state index is 11.6. The lowest BCUT2D eigenvalue weighted by molar-refractivity contribution is -0.141. The number of aliphatic carboxylic acids is 1. The van der Waals surface area contributed by atoms with Gasteiger partial charge in [0.15, 0.2) is 10.7 Å². The van der Waals surface area contributed by atoms with Crippen molar-refractivity contribution in [3.8, 4) is 11.4 Å². The maximum absolute atomic E-state index is 11.6. The van der Waals surface area contributed by atoms with Gasteiger partial charge in [0.05, 0.1) is 0 Å². The maximum Gasteiger partial charge on any atom is 0.329 e. The molecule has 146 valence electrons. The van der Waals surface area contributed by atoms with Crippen molar-refractivity contribution in [1.29, 1.82) is 0 Å². The molecule has 1 heterocycles. The number of carboxylic acid groups (broad SMARTS) is 1. The Labute approximate surface area is 167 Å². The van der Waals surface area contributed by atoms with Crippen LogP contribution in [0.5, 0.6) is 0 Å². The Morgan fingerprint density at radius 1 is 1.07 bits per heavy atom. The third-order valence-electron chi connectivity index (χ3n) is 4.94. The zero-order chi connectivity index (χ0) is 19.9. The largest absolute Gasteiger partial charge is 0.480 e. The van der Waals surface area contributed by atoms with E-state index in [-0.39, 0.29) is 5.92 Å². The molecule has 1 N–H and O–H groups in total.